The largest absolute Gasteiger partial charge is 0.497 e. The van der Waals surface area contributed by atoms with Crippen LogP contribution >= 0.6 is 0 Å². The molecular formula is C19H23NO3. The van der Waals surface area contributed by atoms with E-state index in [1.807, 2.05) is 6.92 Å². The molecule has 1 N–H and O–H groups in total. The second-order valence-electron chi connectivity index (χ2n) is 5.45. The Morgan fingerprint density at radius 2 is 1.61 bits per heavy atom. The number of carbonyl (C=O) groups is 1. The first-order chi connectivity index (χ1) is 11.1. The van der Waals surface area contributed by atoms with Gasteiger partial charge in [-0.2, -0.15) is 0 Å². The predicted octanol–water partition coefficient (Wildman–Crippen LogP) is 3.89. The number of nitrogens with one attached hydrogen (secondary N) is 1. The highest BCUT2D eigenvalue weighted by Crippen LogP contribution is 2.24. The first-order valence-electron chi connectivity index (χ1n) is 7.67. The molecule has 1 atom stereocenters. The lowest BCUT2D eigenvalue weighted by Crippen LogP contribution is -2.28. The lowest BCUT2D eigenvalue weighted by atomic mass is 10.0. The van der Waals surface area contributed by atoms with Gasteiger partial charge in [-0.25, -0.2) is 0 Å². The predicted molar refractivity (Wildman–Crippen MR) is 91.2 cm³/mol. The maximum atomic E-state index is 12.6. The molecule has 0 bridgehead atoms. The lowest BCUT2D eigenvalue weighted by molar-refractivity contribution is 0.0935. The van der Waals surface area contributed by atoms with Crippen LogP contribution in [0.1, 0.15) is 40.9 Å². The van der Waals surface area contributed by atoms with Crippen LogP contribution in [0.25, 0.3) is 0 Å². The van der Waals surface area contributed by atoms with Gasteiger partial charge < -0.3 is 14.8 Å². The molecule has 1 amide bonds. The van der Waals surface area contributed by atoms with E-state index in [2.05, 4.69) is 36.5 Å². The van der Waals surface area contributed by atoms with Crippen LogP contribution in [0.15, 0.2) is 42.5 Å². The smallest absolute Gasteiger partial charge is 0.252 e. The minimum Gasteiger partial charge on any atom is -0.497 e. The SMILES string of the molecule is CCC(NC(=O)c1cc(OC)cc(OC)c1)c1ccc(C)cc1. The summed E-state index contributed by atoms with van der Waals surface area (Å²) in [6.45, 7) is 4.10. The molecule has 2 rings (SSSR count). The van der Waals surface area contributed by atoms with E-state index in [0.717, 1.165) is 12.0 Å². The average molecular weight is 313 g/mol. The Morgan fingerprint density at radius 3 is 2.09 bits per heavy atom. The maximum absolute atomic E-state index is 12.6. The molecular weight excluding hydrogens is 290 g/mol. The zero-order valence-corrected chi connectivity index (χ0v) is 14.1. The Balaban J connectivity index is 2.21. The summed E-state index contributed by atoms with van der Waals surface area (Å²) in [5.74, 6) is 1.05. The molecule has 0 aliphatic carbocycles. The van der Waals surface area contributed by atoms with Crippen molar-refractivity contribution in [1.29, 1.82) is 0 Å². The van der Waals surface area contributed by atoms with E-state index in [4.69, 9.17) is 9.47 Å². The number of hydrogen-bond donors (Lipinski definition) is 1. The molecule has 0 aliphatic rings. The van der Waals surface area contributed by atoms with Crippen molar-refractivity contribution in [3.63, 3.8) is 0 Å². The van der Waals surface area contributed by atoms with Crippen LogP contribution in [0.5, 0.6) is 11.5 Å². The van der Waals surface area contributed by atoms with E-state index < -0.39 is 0 Å². The molecule has 23 heavy (non-hydrogen) atoms. The third-order valence-electron chi connectivity index (χ3n) is 3.81. The second kappa shape index (κ2) is 7.68. The van der Waals surface area contributed by atoms with Crippen molar-refractivity contribution in [2.24, 2.45) is 0 Å². The number of methoxy groups -OCH3 is 2. The van der Waals surface area contributed by atoms with Gasteiger partial charge in [-0.15, -0.1) is 0 Å². The summed E-state index contributed by atoms with van der Waals surface area (Å²) in [6.07, 6.45) is 0.815. The molecule has 0 heterocycles. The molecule has 4 heteroatoms. The standard InChI is InChI=1S/C19H23NO3/c1-5-18(14-8-6-13(2)7-9-14)20-19(21)15-10-16(22-3)12-17(11-15)23-4/h6-12,18H,5H2,1-4H3,(H,20,21). The Hall–Kier alpha value is -2.49. The Morgan fingerprint density at radius 1 is 1.04 bits per heavy atom. The van der Waals surface area contributed by atoms with Gasteiger partial charge in [0.2, 0.25) is 0 Å². The van der Waals surface area contributed by atoms with E-state index in [-0.39, 0.29) is 11.9 Å². The molecule has 0 spiro atoms. The molecule has 1 unspecified atom stereocenters. The fraction of sp³-hybridized carbons (Fsp3) is 0.316. The number of benzene rings is 2. The third kappa shape index (κ3) is 4.25. The van der Waals surface area contributed by atoms with Gasteiger partial charge in [-0.05, 0) is 31.0 Å². The second-order valence-corrected chi connectivity index (χ2v) is 5.45. The molecule has 0 aromatic heterocycles. The third-order valence-corrected chi connectivity index (χ3v) is 3.81. The van der Waals surface area contributed by atoms with Crippen molar-refractivity contribution in [1.82, 2.24) is 5.32 Å². The topological polar surface area (TPSA) is 47.6 Å². The van der Waals surface area contributed by atoms with Crippen LogP contribution in [0, 0.1) is 6.92 Å². The normalized spacial score (nSPS) is 11.7. The Kier molecular flexibility index (Phi) is 5.63. The summed E-state index contributed by atoms with van der Waals surface area (Å²) in [5, 5.41) is 3.07. The highest BCUT2D eigenvalue weighted by Gasteiger charge is 2.15. The van der Waals surface area contributed by atoms with Crippen LogP contribution in [0.4, 0.5) is 0 Å². The molecule has 0 saturated carbocycles. The van der Waals surface area contributed by atoms with Gasteiger partial charge in [0, 0.05) is 11.6 Å². The van der Waals surface area contributed by atoms with Gasteiger partial charge in [0.25, 0.3) is 5.91 Å². The van der Waals surface area contributed by atoms with E-state index in [9.17, 15) is 4.79 Å². The average Bonchev–Trinajstić information content (AvgIpc) is 2.59. The summed E-state index contributed by atoms with van der Waals surface area (Å²) < 4.78 is 10.4. The summed E-state index contributed by atoms with van der Waals surface area (Å²) in [6, 6.07) is 13.3. The van der Waals surface area contributed by atoms with Crippen molar-refractivity contribution >= 4 is 5.91 Å². The summed E-state index contributed by atoms with van der Waals surface area (Å²) in [5.41, 5.74) is 2.82. The van der Waals surface area contributed by atoms with Crippen molar-refractivity contribution in [3.8, 4) is 11.5 Å². The van der Waals surface area contributed by atoms with Gasteiger partial charge >= 0.3 is 0 Å². The maximum Gasteiger partial charge on any atom is 0.252 e. The molecule has 0 fully saturated rings. The highest BCUT2D eigenvalue weighted by molar-refractivity contribution is 5.95. The van der Waals surface area contributed by atoms with Gasteiger partial charge in [-0.1, -0.05) is 36.8 Å². The highest BCUT2D eigenvalue weighted by atomic mass is 16.5. The first kappa shape index (κ1) is 16.9. The minimum absolute atomic E-state index is 0.0275. The van der Waals surface area contributed by atoms with E-state index in [1.54, 1.807) is 32.4 Å². The fourth-order valence-electron chi connectivity index (χ4n) is 2.40. The number of ether oxygens (including phenoxy) is 2. The van der Waals surface area contributed by atoms with Gasteiger partial charge in [-0.3, -0.25) is 4.79 Å². The van der Waals surface area contributed by atoms with Crippen LogP contribution in [-0.4, -0.2) is 20.1 Å². The van der Waals surface area contributed by atoms with Crippen molar-refractivity contribution in [2.45, 2.75) is 26.3 Å². The summed E-state index contributed by atoms with van der Waals surface area (Å²) in [7, 11) is 3.13. The van der Waals surface area contributed by atoms with Crippen LogP contribution in [-0.2, 0) is 0 Å². The zero-order valence-electron chi connectivity index (χ0n) is 14.1. The van der Waals surface area contributed by atoms with E-state index >= 15 is 0 Å². The number of carbonyl (C=O) groups excluding carboxylic acids is 1. The fourth-order valence-corrected chi connectivity index (χ4v) is 2.40. The summed E-state index contributed by atoms with van der Waals surface area (Å²) in [4.78, 5) is 12.6. The number of amides is 1. The summed E-state index contributed by atoms with van der Waals surface area (Å²) >= 11 is 0. The van der Waals surface area contributed by atoms with Gasteiger partial charge in [0.1, 0.15) is 11.5 Å². The monoisotopic (exact) mass is 313 g/mol. The van der Waals surface area contributed by atoms with Crippen LogP contribution < -0.4 is 14.8 Å². The van der Waals surface area contributed by atoms with E-state index in [1.165, 1.54) is 5.56 Å². The zero-order chi connectivity index (χ0) is 16.8. The molecule has 122 valence electrons. The number of hydrogen-bond acceptors (Lipinski definition) is 3. The number of rotatable bonds is 6. The molecule has 2 aromatic carbocycles. The quantitative estimate of drug-likeness (QED) is 0.880. The van der Waals surface area contributed by atoms with Crippen molar-refractivity contribution in [3.05, 3.63) is 59.2 Å². The number of aryl methyl sites for hydroxylation is 1. The molecule has 2 aromatic rings. The Labute approximate surface area is 137 Å². The molecule has 0 radical (unpaired) electrons. The van der Waals surface area contributed by atoms with Crippen molar-refractivity contribution in [2.75, 3.05) is 14.2 Å². The van der Waals surface area contributed by atoms with Crippen molar-refractivity contribution < 1.29 is 14.3 Å². The minimum atomic E-state index is -0.144. The van der Waals surface area contributed by atoms with Gasteiger partial charge in [0.05, 0.1) is 20.3 Å². The van der Waals surface area contributed by atoms with Crippen LogP contribution in [0.3, 0.4) is 0 Å². The van der Waals surface area contributed by atoms with Crippen LogP contribution in [0.2, 0.25) is 0 Å². The van der Waals surface area contributed by atoms with Gasteiger partial charge in [0.15, 0.2) is 0 Å². The van der Waals surface area contributed by atoms with E-state index in [0.29, 0.717) is 17.1 Å². The molecule has 0 aliphatic heterocycles. The Bertz CT molecular complexity index is 643. The first-order valence-corrected chi connectivity index (χ1v) is 7.67. The molecule has 0 saturated heterocycles. The lowest BCUT2D eigenvalue weighted by Gasteiger charge is -2.18. The molecule has 4 nitrogen and oxygen atoms in total.